The van der Waals surface area contributed by atoms with Crippen LogP contribution in [0.2, 0.25) is 0 Å². The highest BCUT2D eigenvalue weighted by molar-refractivity contribution is 7.90. The zero-order valence-electron chi connectivity index (χ0n) is 20.8. The van der Waals surface area contributed by atoms with Gasteiger partial charge < -0.3 is 15.5 Å². The van der Waals surface area contributed by atoms with Crippen molar-refractivity contribution in [1.82, 2.24) is 15.5 Å². The van der Waals surface area contributed by atoms with Gasteiger partial charge in [0.05, 0.1) is 22.0 Å². The van der Waals surface area contributed by atoms with E-state index in [1.54, 1.807) is 12.1 Å². The fourth-order valence-corrected chi connectivity index (χ4v) is 5.28. The molecule has 196 valence electrons. The molecule has 10 heteroatoms. The highest BCUT2D eigenvalue weighted by atomic mass is 32.2. The van der Waals surface area contributed by atoms with Crippen molar-refractivity contribution in [1.29, 1.82) is 0 Å². The molecule has 0 saturated carbocycles. The van der Waals surface area contributed by atoms with Crippen molar-refractivity contribution >= 4 is 15.7 Å². The molecule has 1 unspecified atom stereocenters. The van der Waals surface area contributed by atoms with Gasteiger partial charge in [0.25, 0.3) is 0 Å². The summed E-state index contributed by atoms with van der Waals surface area (Å²) in [5.41, 5.74) is 0.744. The molecule has 0 spiro atoms. The smallest absolute Gasteiger partial charge is 0.363 e. The van der Waals surface area contributed by atoms with Crippen molar-refractivity contribution in [3.63, 3.8) is 0 Å². The van der Waals surface area contributed by atoms with Crippen molar-refractivity contribution in [2.24, 2.45) is 4.99 Å². The van der Waals surface area contributed by atoms with Crippen molar-refractivity contribution in [2.45, 2.75) is 61.9 Å². The van der Waals surface area contributed by atoms with E-state index in [1.807, 2.05) is 12.1 Å². The van der Waals surface area contributed by atoms with Crippen LogP contribution in [-0.4, -0.2) is 62.7 Å². The predicted molar refractivity (Wildman–Crippen MR) is 135 cm³/mol. The maximum Gasteiger partial charge on any atom is 0.416 e. The van der Waals surface area contributed by atoms with E-state index in [9.17, 15) is 21.6 Å². The number of rotatable bonds is 7. The molecule has 2 aromatic carbocycles. The first-order chi connectivity index (χ1) is 16.8. The Kier molecular flexibility index (Phi) is 7.50. The van der Waals surface area contributed by atoms with Gasteiger partial charge in [0.15, 0.2) is 9.84 Å². The van der Waals surface area contributed by atoms with Crippen molar-refractivity contribution in [2.75, 3.05) is 25.9 Å². The third kappa shape index (κ3) is 6.46. The van der Waals surface area contributed by atoms with Crippen LogP contribution >= 0.6 is 0 Å². The Labute approximate surface area is 210 Å². The molecule has 0 bridgehead atoms. The monoisotopic (exact) mass is 522 g/mol. The number of piperidine rings is 1. The van der Waals surface area contributed by atoms with Gasteiger partial charge >= 0.3 is 6.18 Å². The number of nitrogens with one attached hydrogen (secondary N) is 2. The lowest BCUT2D eigenvalue weighted by atomic mass is 9.94. The molecule has 1 saturated heterocycles. The van der Waals surface area contributed by atoms with Crippen molar-refractivity contribution in [3.8, 4) is 0 Å². The predicted octanol–water partition coefficient (Wildman–Crippen LogP) is 3.86. The number of aliphatic imine (C=N–C) groups is 1. The van der Waals surface area contributed by atoms with Gasteiger partial charge in [0.1, 0.15) is 5.84 Å². The quantitative estimate of drug-likeness (QED) is 0.578. The van der Waals surface area contributed by atoms with E-state index in [-0.39, 0.29) is 11.6 Å². The molecule has 2 heterocycles. The summed E-state index contributed by atoms with van der Waals surface area (Å²) in [4.78, 5) is 7.56. The van der Waals surface area contributed by atoms with Crippen molar-refractivity contribution < 1.29 is 21.6 Å². The van der Waals surface area contributed by atoms with Crippen LogP contribution in [0.25, 0.3) is 0 Å². The first-order valence-electron chi connectivity index (χ1n) is 12.1. The number of halogens is 3. The van der Waals surface area contributed by atoms with Gasteiger partial charge in [-0.2, -0.15) is 13.2 Å². The van der Waals surface area contributed by atoms with E-state index in [1.165, 1.54) is 18.4 Å². The molecule has 2 N–H and O–H groups in total. The molecule has 0 radical (unpaired) electrons. The highest BCUT2D eigenvalue weighted by Gasteiger charge is 2.38. The SMILES string of the molecule is CC1(C)NC(c2ccc(C(F)(F)F)cc2)=NC1CN1CCC(NCc2ccc(S(C)(=O)=O)cc2)CC1. The van der Waals surface area contributed by atoms with Crippen LogP contribution < -0.4 is 10.6 Å². The number of likely N-dealkylation sites (tertiary alicyclic amines) is 1. The molecule has 0 aliphatic carbocycles. The highest BCUT2D eigenvalue weighted by Crippen LogP contribution is 2.30. The molecule has 1 fully saturated rings. The molecule has 4 rings (SSSR count). The molecule has 36 heavy (non-hydrogen) atoms. The maximum absolute atomic E-state index is 12.9. The average Bonchev–Trinajstić information content (AvgIpc) is 3.11. The second-order valence-corrected chi connectivity index (χ2v) is 12.3. The standard InChI is InChI=1S/C26H33F3N4O2S/c1-25(2)23(31-24(32-25)19-6-8-20(9-7-19)26(27,28)29)17-33-14-12-21(13-15-33)30-16-18-4-10-22(11-5-18)36(3,34)35/h4-11,21,23,30H,12-17H2,1-3H3,(H,31,32). The summed E-state index contributed by atoms with van der Waals surface area (Å²) in [7, 11) is -3.19. The van der Waals surface area contributed by atoms with Crippen LogP contribution in [0.1, 0.15) is 43.4 Å². The summed E-state index contributed by atoms with van der Waals surface area (Å²) >= 11 is 0. The largest absolute Gasteiger partial charge is 0.416 e. The van der Waals surface area contributed by atoms with Gasteiger partial charge in [-0.25, -0.2) is 8.42 Å². The van der Waals surface area contributed by atoms with E-state index < -0.39 is 21.6 Å². The van der Waals surface area contributed by atoms with Crippen molar-refractivity contribution in [3.05, 3.63) is 65.2 Å². The third-order valence-corrected chi connectivity index (χ3v) is 8.14. The zero-order valence-corrected chi connectivity index (χ0v) is 21.6. The molecule has 1 atom stereocenters. The first kappa shape index (κ1) is 26.6. The fourth-order valence-electron chi connectivity index (χ4n) is 4.65. The van der Waals surface area contributed by atoms with Gasteiger partial charge in [-0.05, 0) is 69.6 Å². The van der Waals surface area contributed by atoms with E-state index >= 15 is 0 Å². The van der Waals surface area contributed by atoms with Gasteiger partial charge in [-0.3, -0.25) is 4.99 Å². The second-order valence-electron chi connectivity index (χ2n) is 10.3. The van der Waals surface area contributed by atoms with E-state index in [4.69, 9.17) is 4.99 Å². The van der Waals surface area contributed by atoms with Gasteiger partial charge in [-0.1, -0.05) is 24.3 Å². The Balaban J connectivity index is 1.28. The Morgan fingerprint density at radius 3 is 2.22 bits per heavy atom. The molecular weight excluding hydrogens is 489 g/mol. The van der Waals surface area contributed by atoms with Crippen LogP contribution in [-0.2, 0) is 22.6 Å². The summed E-state index contributed by atoms with van der Waals surface area (Å²) in [5.74, 6) is 0.636. The maximum atomic E-state index is 12.9. The Hall–Kier alpha value is -2.43. The summed E-state index contributed by atoms with van der Waals surface area (Å²) in [5, 5.41) is 6.97. The summed E-state index contributed by atoms with van der Waals surface area (Å²) in [6.45, 7) is 7.48. The number of hydrogen-bond acceptors (Lipinski definition) is 6. The Bertz CT molecular complexity index is 1190. The number of alkyl halides is 3. The Morgan fingerprint density at radius 1 is 1.06 bits per heavy atom. The first-order valence-corrected chi connectivity index (χ1v) is 14.0. The summed E-state index contributed by atoms with van der Waals surface area (Å²) in [6, 6.07) is 12.5. The number of sulfone groups is 1. The number of benzene rings is 2. The second kappa shape index (κ2) is 10.1. The number of nitrogens with zero attached hydrogens (tertiary/aromatic N) is 2. The summed E-state index contributed by atoms with van der Waals surface area (Å²) < 4.78 is 61.9. The van der Waals surface area contributed by atoms with Crippen LogP contribution in [0.15, 0.2) is 58.4 Å². The number of amidine groups is 1. The molecular formula is C26H33F3N4O2S. The minimum absolute atomic E-state index is 0.00680. The lowest BCUT2D eigenvalue weighted by Gasteiger charge is -2.36. The minimum atomic E-state index is -4.35. The molecule has 6 nitrogen and oxygen atoms in total. The van der Waals surface area contributed by atoms with Gasteiger partial charge in [0, 0.05) is 31.0 Å². The Morgan fingerprint density at radius 2 is 1.67 bits per heavy atom. The zero-order chi connectivity index (χ0) is 26.1. The third-order valence-electron chi connectivity index (χ3n) is 7.01. The molecule has 2 aliphatic rings. The van der Waals surface area contributed by atoms with E-state index in [0.717, 1.165) is 50.2 Å². The van der Waals surface area contributed by atoms with Crippen LogP contribution in [0.5, 0.6) is 0 Å². The molecule has 2 aromatic rings. The molecule has 2 aliphatic heterocycles. The fraction of sp³-hybridized carbons (Fsp3) is 0.500. The minimum Gasteiger partial charge on any atom is -0.363 e. The lowest BCUT2D eigenvalue weighted by molar-refractivity contribution is -0.137. The van der Waals surface area contributed by atoms with E-state index in [0.29, 0.717) is 28.9 Å². The van der Waals surface area contributed by atoms with E-state index in [2.05, 4.69) is 29.4 Å². The topological polar surface area (TPSA) is 73.8 Å². The van der Waals surface area contributed by atoms with Crippen LogP contribution in [0.4, 0.5) is 13.2 Å². The van der Waals surface area contributed by atoms with Crippen LogP contribution in [0, 0.1) is 0 Å². The molecule has 0 aromatic heterocycles. The average molecular weight is 523 g/mol. The van der Waals surface area contributed by atoms with Gasteiger partial charge in [-0.15, -0.1) is 0 Å². The van der Waals surface area contributed by atoms with Gasteiger partial charge in [0.2, 0.25) is 0 Å². The number of hydrogen-bond donors (Lipinski definition) is 2. The van der Waals surface area contributed by atoms with Crippen LogP contribution in [0.3, 0.4) is 0 Å². The normalized spacial score (nSPS) is 21.3. The lowest BCUT2D eigenvalue weighted by Crippen LogP contribution is -2.51. The summed E-state index contributed by atoms with van der Waals surface area (Å²) in [6.07, 6.45) is -1.15. The molecule has 0 amide bonds.